The van der Waals surface area contributed by atoms with E-state index in [1.165, 1.54) is 0 Å². The largest absolute Gasteiger partial charge is 0.394 e. The average Bonchev–Trinajstić information content (AvgIpc) is 2.49. The number of carbonyl (C=O) groups excluding carboxylic acids is 1. The van der Waals surface area contributed by atoms with Crippen LogP contribution >= 0.6 is 0 Å². The second-order valence-electron chi connectivity index (χ2n) is 3.77. The molecule has 16 heavy (non-hydrogen) atoms. The van der Waals surface area contributed by atoms with E-state index < -0.39 is 62.9 Å². The minimum Gasteiger partial charge on any atom is -0.394 e. The third-order valence-electron chi connectivity index (χ3n) is 2.59. The lowest BCUT2D eigenvalue weighted by Gasteiger charge is -2.47. The molecule has 0 rings (SSSR count). The van der Waals surface area contributed by atoms with Gasteiger partial charge in [0.2, 0.25) is 0 Å². The van der Waals surface area contributed by atoms with Gasteiger partial charge in [0.1, 0.15) is 17.3 Å². The van der Waals surface area contributed by atoms with Gasteiger partial charge in [-0.2, -0.15) is 0 Å². The van der Waals surface area contributed by atoms with Crippen LogP contribution in [0.5, 0.6) is 0 Å². The van der Waals surface area contributed by atoms with Crippen molar-refractivity contribution < 1.29 is 35.8 Å². The van der Waals surface area contributed by atoms with Crippen molar-refractivity contribution in [3.63, 3.8) is 0 Å². The zero-order valence-electron chi connectivity index (χ0n) is 12.8. The number of aliphatic hydroxyl groups excluding tert-OH is 2. The number of carbonyl (C=O) groups is 1. The Hall–Kier alpha value is -0.530. The van der Waals surface area contributed by atoms with Crippen LogP contribution in [0.2, 0.25) is 0 Å². The maximum Gasteiger partial charge on any atom is 0.164 e. The molecule has 0 radical (unpaired) electrons. The first-order valence-electron chi connectivity index (χ1n) is 7.14. The first-order chi connectivity index (χ1) is 9.14. The molecule has 0 aliphatic rings. The second-order valence-corrected chi connectivity index (χ2v) is 3.77. The summed E-state index contributed by atoms with van der Waals surface area (Å²) in [6.45, 7) is -5.67. The van der Waals surface area contributed by atoms with Gasteiger partial charge in [0.05, 0.1) is 6.61 Å². The number of rotatable bonds is 5. The lowest BCUT2D eigenvalue weighted by Crippen LogP contribution is -2.70. The summed E-state index contributed by atoms with van der Waals surface area (Å²) in [5, 5.41) is 49.1. The minimum absolute atomic E-state index is 1.03. The molecular formula is C10H20O6. The van der Waals surface area contributed by atoms with Crippen molar-refractivity contribution >= 4 is 5.78 Å². The highest BCUT2D eigenvalue weighted by atomic mass is 16.4. The summed E-state index contributed by atoms with van der Waals surface area (Å²) in [7, 11) is 0. The number of hydrogen-bond acceptors (Lipinski definition) is 6. The fourth-order valence-electron chi connectivity index (χ4n) is 1.02. The molecule has 0 unspecified atom stereocenters. The molecule has 0 aliphatic carbocycles. The Kier molecular flexibility index (Phi) is 2.60. The van der Waals surface area contributed by atoms with E-state index in [0.29, 0.717) is 0 Å². The predicted octanol–water partition coefficient (Wildman–Crippen LogP) is -1.82. The van der Waals surface area contributed by atoms with E-state index in [2.05, 4.69) is 0 Å². The normalized spacial score (nSPS) is 28.3. The predicted molar refractivity (Wildman–Crippen MR) is 55.6 cm³/mol. The Morgan fingerprint density at radius 3 is 2.25 bits per heavy atom. The van der Waals surface area contributed by atoms with Crippen LogP contribution in [0.3, 0.4) is 0 Å². The Morgan fingerprint density at radius 1 is 1.31 bits per heavy atom. The molecule has 0 aliphatic heterocycles. The van der Waals surface area contributed by atoms with Gasteiger partial charge in [0, 0.05) is 5.48 Å². The van der Waals surface area contributed by atoms with Crippen molar-refractivity contribution in [3.05, 3.63) is 0 Å². The molecule has 0 spiro atoms. The molecule has 0 saturated carbocycles. The fraction of sp³-hybridized carbons (Fsp3) is 0.900. The molecule has 0 fully saturated rings. The van der Waals surface area contributed by atoms with Crippen molar-refractivity contribution in [1.29, 1.82) is 0 Å². The van der Waals surface area contributed by atoms with Gasteiger partial charge in [-0.1, -0.05) is 0 Å². The van der Waals surface area contributed by atoms with E-state index in [1.807, 2.05) is 0 Å². The monoisotopic (exact) mass is 240 g/mol. The van der Waals surface area contributed by atoms with Gasteiger partial charge in [-0.05, 0) is 27.6 Å². The molecule has 4 atom stereocenters. The van der Waals surface area contributed by atoms with Crippen molar-refractivity contribution in [1.82, 2.24) is 0 Å². The molecular weight excluding hydrogens is 216 g/mol. The van der Waals surface area contributed by atoms with E-state index in [4.69, 9.17) is 10.6 Å². The van der Waals surface area contributed by atoms with Gasteiger partial charge in [-0.15, -0.1) is 0 Å². The van der Waals surface area contributed by atoms with Gasteiger partial charge in [0.15, 0.2) is 11.4 Å². The Labute approximate surface area is 99.8 Å². The Balaban J connectivity index is 6.07. The summed E-state index contributed by atoms with van der Waals surface area (Å²) in [4.78, 5) is 11.6. The zero-order chi connectivity index (χ0) is 16.2. The molecule has 0 bridgehead atoms. The molecule has 0 aromatic heterocycles. The van der Waals surface area contributed by atoms with Gasteiger partial charge < -0.3 is 25.5 Å². The number of aliphatic hydroxyl groups is 5. The van der Waals surface area contributed by atoms with Crippen molar-refractivity contribution in [2.24, 2.45) is 0 Å². The zero-order valence-corrected chi connectivity index (χ0v) is 8.76. The highest BCUT2D eigenvalue weighted by molar-refractivity contribution is 5.86. The maximum absolute atomic E-state index is 11.6. The molecule has 0 saturated heterocycles. The number of ketones is 1. The Morgan fingerprint density at radius 2 is 1.94 bits per heavy atom. The standard InChI is InChI=1S/C10H20O6/c1-6(12)8(2,14)10(4,16)9(3,15)7(13)5-11/h7,11,13-16H,5H2,1-4H3/t7-,8+,9+,10-/m1/s1/i1D,2D,3D,4D. The van der Waals surface area contributed by atoms with Crippen LogP contribution in [0.15, 0.2) is 0 Å². The van der Waals surface area contributed by atoms with Crippen LogP contribution in [-0.2, 0) is 4.79 Å². The minimum atomic E-state index is -3.08. The van der Waals surface area contributed by atoms with Crippen LogP contribution < -0.4 is 0 Å². The summed E-state index contributed by atoms with van der Waals surface area (Å²) in [6, 6.07) is 0. The molecule has 96 valence electrons. The van der Waals surface area contributed by atoms with Crippen LogP contribution in [0.25, 0.3) is 0 Å². The van der Waals surface area contributed by atoms with Crippen molar-refractivity contribution in [2.45, 2.75) is 50.5 Å². The lowest BCUT2D eigenvalue weighted by molar-refractivity contribution is -0.251. The van der Waals surface area contributed by atoms with E-state index >= 15 is 0 Å². The summed E-state index contributed by atoms with van der Waals surface area (Å²) in [5.74, 6) is -1.33. The van der Waals surface area contributed by atoms with Gasteiger partial charge in [-0.25, -0.2) is 0 Å². The molecule has 0 amide bonds. The molecule has 0 aromatic carbocycles. The summed E-state index contributed by atoms with van der Waals surface area (Å²) in [6.07, 6.45) is -2.12. The fourth-order valence-corrected chi connectivity index (χ4v) is 1.02. The summed E-state index contributed by atoms with van der Waals surface area (Å²) in [5.41, 5.74) is -9.00. The van der Waals surface area contributed by atoms with E-state index in [1.54, 1.807) is 0 Å². The topological polar surface area (TPSA) is 118 Å². The van der Waals surface area contributed by atoms with Gasteiger partial charge in [0.25, 0.3) is 0 Å². The van der Waals surface area contributed by atoms with Crippen LogP contribution in [0, 0.1) is 0 Å². The Bertz CT molecular complexity index is 346. The van der Waals surface area contributed by atoms with Crippen LogP contribution in [0.4, 0.5) is 0 Å². The SMILES string of the molecule is [2H]CC(=O)[C@@](O)(C[2H])[C@](O)(C[2H])[C@](O)(C[2H])[C@H](O)CO. The summed E-state index contributed by atoms with van der Waals surface area (Å²) < 4.78 is 28.6. The molecule has 5 N–H and O–H groups in total. The lowest BCUT2D eigenvalue weighted by atomic mass is 9.69. The average molecular weight is 240 g/mol. The van der Waals surface area contributed by atoms with Crippen molar-refractivity contribution in [3.8, 4) is 0 Å². The number of hydrogen-bond donors (Lipinski definition) is 5. The van der Waals surface area contributed by atoms with Crippen LogP contribution in [-0.4, -0.2) is 60.8 Å². The molecule has 0 heterocycles. The van der Waals surface area contributed by atoms with Crippen molar-refractivity contribution in [2.75, 3.05) is 6.61 Å². The van der Waals surface area contributed by atoms with E-state index in [0.717, 1.165) is 0 Å². The third kappa shape index (κ3) is 2.11. The smallest absolute Gasteiger partial charge is 0.164 e. The highest BCUT2D eigenvalue weighted by Gasteiger charge is 2.59. The first-order valence-corrected chi connectivity index (χ1v) is 4.31. The maximum atomic E-state index is 11.6. The molecule has 0 aromatic rings. The van der Waals surface area contributed by atoms with Gasteiger partial charge in [-0.3, -0.25) is 4.79 Å². The van der Waals surface area contributed by atoms with E-state index in [9.17, 15) is 25.2 Å². The summed E-state index contributed by atoms with van der Waals surface area (Å²) >= 11 is 0. The quantitative estimate of drug-likeness (QED) is 0.386. The highest BCUT2D eigenvalue weighted by Crippen LogP contribution is 2.35. The second kappa shape index (κ2) is 4.38. The molecule has 6 heteroatoms. The van der Waals surface area contributed by atoms with Crippen LogP contribution in [0.1, 0.15) is 33.1 Å². The first kappa shape index (κ1) is 9.49. The van der Waals surface area contributed by atoms with Gasteiger partial charge >= 0.3 is 0 Å². The molecule has 6 nitrogen and oxygen atoms in total. The number of Topliss-reactive ketones (excluding diaryl/α,β-unsaturated/α-hetero) is 1. The third-order valence-corrected chi connectivity index (χ3v) is 2.59. The van der Waals surface area contributed by atoms with E-state index in [-0.39, 0.29) is 0 Å².